The Balaban J connectivity index is 1.23. The van der Waals surface area contributed by atoms with E-state index in [1.807, 2.05) is 6.07 Å². The maximum Gasteiger partial charge on any atom is 0.261 e. The first-order chi connectivity index (χ1) is 22.1. The van der Waals surface area contributed by atoms with E-state index in [1.54, 1.807) is 50.4 Å². The van der Waals surface area contributed by atoms with Gasteiger partial charge in [0.25, 0.3) is 15.9 Å². The van der Waals surface area contributed by atoms with Crippen LogP contribution in [-0.4, -0.2) is 51.7 Å². The lowest BCUT2D eigenvalue weighted by atomic mass is 10.1. The van der Waals surface area contributed by atoms with Gasteiger partial charge in [0.1, 0.15) is 23.4 Å². The van der Waals surface area contributed by atoms with Crippen LogP contribution in [-0.2, 0) is 32.7 Å². The first kappa shape index (κ1) is 32.1. The van der Waals surface area contributed by atoms with Crippen molar-refractivity contribution in [3.8, 4) is 23.0 Å². The van der Waals surface area contributed by atoms with Crippen molar-refractivity contribution in [1.82, 2.24) is 10.2 Å². The molecule has 0 bridgehead atoms. The Hall–Kier alpha value is -5.30. The highest BCUT2D eigenvalue weighted by atomic mass is 32.2. The maximum atomic E-state index is 13.5. The Kier molecular flexibility index (Phi) is 9.91. The van der Waals surface area contributed by atoms with Crippen molar-refractivity contribution in [2.45, 2.75) is 31.0 Å². The molecular weight excluding hydrogens is 617 g/mol. The van der Waals surface area contributed by atoms with E-state index in [2.05, 4.69) is 10.0 Å². The molecular formula is C33H32FN3O8S. The number of methoxy groups -OCH3 is 1. The molecule has 1 heterocycles. The molecule has 2 amide bonds. The molecule has 0 saturated heterocycles. The number of nitrogens with zero attached hydrogens (tertiary/aromatic N) is 1. The topological polar surface area (TPSA) is 132 Å². The summed E-state index contributed by atoms with van der Waals surface area (Å²) in [5.74, 6) is 0.814. The van der Waals surface area contributed by atoms with Crippen molar-refractivity contribution in [3.63, 3.8) is 0 Å². The van der Waals surface area contributed by atoms with Crippen LogP contribution in [0.3, 0.4) is 0 Å². The van der Waals surface area contributed by atoms with E-state index in [-0.39, 0.29) is 42.1 Å². The zero-order valence-electron chi connectivity index (χ0n) is 25.1. The molecule has 46 heavy (non-hydrogen) atoms. The maximum absolute atomic E-state index is 13.5. The number of benzene rings is 4. The van der Waals surface area contributed by atoms with Crippen LogP contribution >= 0.6 is 0 Å². The Morgan fingerprint density at radius 1 is 0.891 bits per heavy atom. The van der Waals surface area contributed by atoms with Gasteiger partial charge in [-0.15, -0.1) is 0 Å². The summed E-state index contributed by atoms with van der Waals surface area (Å²) in [6.07, 6.45) is 0. The summed E-state index contributed by atoms with van der Waals surface area (Å²) in [5.41, 5.74) is 1.78. The molecule has 1 aliphatic heterocycles. The van der Waals surface area contributed by atoms with Gasteiger partial charge in [-0.25, -0.2) is 12.8 Å². The lowest BCUT2D eigenvalue weighted by Gasteiger charge is -2.29. The minimum atomic E-state index is -3.95. The molecule has 0 spiro atoms. The zero-order chi connectivity index (χ0) is 32.7. The van der Waals surface area contributed by atoms with Gasteiger partial charge < -0.3 is 29.2 Å². The number of halogens is 1. The van der Waals surface area contributed by atoms with E-state index < -0.39 is 34.4 Å². The summed E-state index contributed by atoms with van der Waals surface area (Å²) < 4.78 is 62.7. The lowest BCUT2D eigenvalue weighted by Crippen LogP contribution is -2.48. The van der Waals surface area contributed by atoms with Gasteiger partial charge in [0.15, 0.2) is 18.1 Å². The fraction of sp³-hybridized carbons (Fsp3) is 0.212. The van der Waals surface area contributed by atoms with Crippen molar-refractivity contribution in [2.75, 3.05) is 25.2 Å². The third kappa shape index (κ3) is 8.04. The predicted molar refractivity (Wildman–Crippen MR) is 167 cm³/mol. The van der Waals surface area contributed by atoms with E-state index in [9.17, 15) is 22.4 Å². The molecule has 5 rings (SSSR count). The summed E-state index contributed by atoms with van der Waals surface area (Å²) in [4.78, 5) is 28.1. The number of hydrogen-bond acceptors (Lipinski definition) is 8. The molecule has 240 valence electrons. The first-order valence-corrected chi connectivity index (χ1v) is 15.7. The minimum absolute atomic E-state index is 0.0515. The molecule has 1 atom stereocenters. The molecule has 4 aromatic carbocycles. The number of amides is 2. The highest BCUT2D eigenvalue weighted by Gasteiger charge is 2.27. The summed E-state index contributed by atoms with van der Waals surface area (Å²) >= 11 is 0. The van der Waals surface area contributed by atoms with Gasteiger partial charge >= 0.3 is 0 Å². The van der Waals surface area contributed by atoms with Gasteiger partial charge in [0.2, 0.25) is 12.7 Å². The number of hydrogen-bond donors (Lipinski definition) is 2. The van der Waals surface area contributed by atoms with Crippen LogP contribution in [0.25, 0.3) is 0 Å². The normalized spacial score (nSPS) is 12.6. The van der Waals surface area contributed by atoms with Gasteiger partial charge in [0.05, 0.1) is 12.0 Å². The van der Waals surface area contributed by atoms with Crippen molar-refractivity contribution in [3.05, 3.63) is 108 Å². The monoisotopic (exact) mass is 649 g/mol. The van der Waals surface area contributed by atoms with E-state index in [4.69, 9.17) is 18.9 Å². The number of ether oxygens (including phenoxy) is 4. The van der Waals surface area contributed by atoms with Crippen molar-refractivity contribution < 1.29 is 41.3 Å². The van der Waals surface area contributed by atoms with Crippen molar-refractivity contribution in [1.29, 1.82) is 0 Å². The quantitative estimate of drug-likeness (QED) is 0.217. The number of carbonyl (C=O) groups excluding carboxylic acids is 2. The van der Waals surface area contributed by atoms with Gasteiger partial charge in [-0.3, -0.25) is 14.3 Å². The third-order valence-corrected chi connectivity index (χ3v) is 8.57. The largest absolute Gasteiger partial charge is 0.497 e. The first-order valence-electron chi connectivity index (χ1n) is 14.2. The molecule has 13 heteroatoms. The van der Waals surface area contributed by atoms with Crippen LogP contribution in [0.15, 0.2) is 95.9 Å². The standard InChI is InChI=1S/C33H32FN3O8S/c1-22(33(39)35-18-24-5-16-30-31(17-24)45-21-44-30)37(19-23-3-10-27(42-2)11-4-23)32(38)20-43-28-12-14-29(15-13-28)46(40,41)36-26-8-6-25(34)7-9-26/h3-17,22,36H,18-21H2,1-2H3,(H,35,39). The fourth-order valence-electron chi connectivity index (χ4n) is 4.57. The van der Waals surface area contributed by atoms with Crippen LogP contribution in [0.5, 0.6) is 23.0 Å². The van der Waals surface area contributed by atoms with Crippen LogP contribution in [0.2, 0.25) is 0 Å². The highest BCUT2D eigenvalue weighted by molar-refractivity contribution is 7.92. The Labute approximate surface area is 265 Å². The Morgan fingerprint density at radius 2 is 1.54 bits per heavy atom. The molecule has 0 aromatic heterocycles. The summed E-state index contributed by atoms with van der Waals surface area (Å²) in [5, 5.41) is 2.87. The lowest BCUT2D eigenvalue weighted by molar-refractivity contribution is -0.142. The number of nitrogens with one attached hydrogen (secondary N) is 2. The molecule has 0 radical (unpaired) electrons. The molecule has 11 nitrogen and oxygen atoms in total. The average molecular weight is 650 g/mol. The Bertz CT molecular complexity index is 1780. The van der Waals surface area contributed by atoms with E-state index in [0.29, 0.717) is 17.2 Å². The average Bonchev–Trinajstić information content (AvgIpc) is 3.54. The van der Waals surface area contributed by atoms with Crippen molar-refractivity contribution >= 4 is 27.5 Å². The summed E-state index contributed by atoms with van der Waals surface area (Å²) in [7, 11) is -2.39. The molecule has 2 N–H and O–H groups in total. The number of anilines is 1. The number of carbonyl (C=O) groups is 2. The van der Waals surface area contributed by atoms with Gasteiger partial charge in [-0.05, 0) is 90.8 Å². The minimum Gasteiger partial charge on any atom is -0.497 e. The number of sulfonamides is 1. The van der Waals surface area contributed by atoms with Gasteiger partial charge in [-0.1, -0.05) is 18.2 Å². The second kappa shape index (κ2) is 14.2. The SMILES string of the molecule is COc1ccc(CN(C(=O)COc2ccc(S(=O)(=O)Nc3ccc(F)cc3)cc2)C(C)C(=O)NCc2ccc3c(c2)OCO3)cc1. The molecule has 0 aliphatic carbocycles. The van der Waals surface area contributed by atoms with Crippen molar-refractivity contribution in [2.24, 2.45) is 0 Å². The van der Waals surface area contributed by atoms with E-state index in [0.717, 1.165) is 23.3 Å². The van der Waals surface area contributed by atoms with E-state index >= 15 is 0 Å². The summed E-state index contributed by atoms with van der Waals surface area (Å²) in [6.45, 7) is 1.70. The van der Waals surface area contributed by atoms with Crippen LogP contribution in [0, 0.1) is 5.82 Å². The molecule has 0 saturated carbocycles. The number of fused-ring (bicyclic) bond motifs is 1. The third-order valence-electron chi connectivity index (χ3n) is 7.18. The second-order valence-electron chi connectivity index (χ2n) is 10.3. The predicted octanol–water partition coefficient (Wildman–Crippen LogP) is 4.48. The van der Waals surface area contributed by atoms with Crippen LogP contribution in [0.4, 0.5) is 10.1 Å². The highest BCUT2D eigenvalue weighted by Crippen LogP contribution is 2.32. The van der Waals surface area contributed by atoms with Crippen LogP contribution < -0.4 is 29.0 Å². The second-order valence-corrected chi connectivity index (χ2v) is 12.0. The molecule has 0 fully saturated rings. The van der Waals surface area contributed by atoms with E-state index in [1.165, 1.54) is 41.3 Å². The van der Waals surface area contributed by atoms with Crippen LogP contribution in [0.1, 0.15) is 18.1 Å². The van der Waals surface area contributed by atoms with Gasteiger partial charge in [-0.2, -0.15) is 0 Å². The fourth-order valence-corrected chi connectivity index (χ4v) is 5.63. The molecule has 4 aromatic rings. The zero-order valence-corrected chi connectivity index (χ0v) is 25.9. The smallest absolute Gasteiger partial charge is 0.261 e. The molecule has 1 unspecified atom stereocenters. The number of rotatable bonds is 13. The summed E-state index contributed by atoms with van der Waals surface area (Å²) in [6, 6.07) is 22.1. The Morgan fingerprint density at radius 3 is 2.24 bits per heavy atom. The van der Waals surface area contributed by atoms with Gasteiger partial charge in [0, 0.05) is 18.8 Å². The molecule has 1 aliphatic rings.